The van der Waals surface area contributed by atoms with Crippen LogP contribution in [0.5, 0.6) is 0 Å². The number of methoxy groups -OCH3 is 1. The smallest absolute Gasteiger partial charge is 0.280 e. The Hall–Kier alpha value is -1.98. The van der Waals surface area contributed by atoms with Gasteiger partial charge in [0.1, 0.15) is 0 Å². The lowest BCUT2D eigenvalue weighted by Crippen LogP contribution is -2.19. The minimum Gasteiger partial charge on any atom is -0.383 e. The summed E-state index contributed by atoms with van der Waals surface area (Å²) in [4.78, 5) is 18.4. The normalized spacial score (nSPS) is 12.6. The van der Waals surface area contributed by atoms with Gasteiger partial charge in [0, 0.05) is 18.6 Å². The molecule has 0 radical (unpaired) electrons. The number of nitrogens with zero attached hydrogens (tertiary/aromatic N) is 2. The Labute approximate surface area is 170 Å². The second-order valence-electron chi connectivity index (χ2n) is 5.82. The van der Waals surface area contributed by atoms with Crippen LogP contribution in [0.3, 0.4) is 0 Å². The molecule has 0 saturated heterocycles. The van der Waals surface area contributed by atoms with Gasteiger partial charge in [0.25, 0.3) is 5.91 Å². The van der Waals surface area contributed by atoms with E-state index >= 15 is 0 Å². The van der Waals surface area contributed by atoms with E-state index in [-0.39, 0.29) is 10.8 Å². The van der Waals surface area contributed by atoms with E-state index in [1.807, 2.05) is 23.0 Å². The quantitative estimate of drug-likeness (QED) is 0.597. The molecule has 2 aromatic carbocycles. The standard InChI is InChI=1S/C18H19N3O4S3/c1-25-10-9-21-14-8-7-12(28(19,23)24)11-16(14)27-18(21)20-17(22)13-5-3-4-6-15(13)26-2/h3-8,11H,9-10H2,1-2H3,(H2,19,23,24). The van der Waals surface area contributed by atoms with Gasteiger partial charge in [-0.2, -0.15) is 4.99 Å². The van der Waals surface area contributed by atoms with Crippen molar-refractivity contribution < 1.29 is 17.9 Å². The lowest BCUT2D eigenvalue weighted by molar-refractivity contribution is 0.0994. The van der Waals surface area contributed by atoms with E-state index in [9.17, 15) is 13.2 Å². The number of fused-ring (bicyclic) bond motifs is 1. The third-order valence-electron chi connectivity index (χ3n) is 4.04. The van der Waals surface area contributed by atoms with Crippen LogP contribution in [0.25, 0.3) is 10.2 Å². The van der Waals surface area contributed by atoms with Gasteiger partial charge in [0.15, 0.2) is 4.80 Å². The van der Waals surface area contributed by atoms with Crippen molar-refractivity contribution in [2.75, 3.05) is 20.0 Å². The molecule has 3 aromatic rings. The van der Waals surface area contributed by atoms with Crippen LogP contribution in [-0.4, -0.2) is 38.9 Å². The molecule has 28 heavy (non-hydrogen) atoms. The van der Waals surface area contributed by atoms with E-state index in [0.717, 1.165) is 10.4 Å². The highest BCUT2D eigenvalue weighted by atomic mass is 32.2. The van der Waals surface area contributed by atoms with Crippen LogP contribution in [0.2, 0.25) is 0 Å². The first-order valence-corrected chi connectivity index (χ1v) is 11.8. The SMILES string of the molecule is COCCn1c(=NC(=O)c2ccccc2SC)sc2cc(S(N)(=O)=O)ccc21. The number of primary sulfonamides is 1. The van der Waals surface area contributed by atoms with E-state index in [0.29, 0.717) is 28.2 Å². The summed E-state index contributed by atoms with van der Waals surface area (Å²) in [5.41, 5.74) is 1.29. The molecule has 148 valence electrons. The molecule has 0 atom stereocenters. The van der Waals surface area contributed by atoms with Gasteiger partial charge in [-0.1, -0.05) is 23.5 Å². The summed E-state index contributed by atoms with van der Waals surface area (Å²) in [6.45, 7) is 0.896. The number of nitrogens with two attached hydrogens (primary N) is 1. The van der Waals surface area contributed by atoms with Gasteiger partial charge in [-0.05, 0) is 36.6 Å². The molecule has 0 aliphatic rings. The Morgan fingerprint density at radius 2 is 2.04 bits per heavy atom. The highest BCUT2D eigenvalue weighted by Gasteiger charge is 2.14. The Balaban J connectivity index is 2.17. The van der Waals surface area contributed by atoms with Crippen molar-refractivity contribution in [2.24, 2.45) is 10.1 Å². The molecular weight excluding hydrogens is 418 g/mol. The third kappa shape index (κ3) is 4.36. The Morgan fingerprint density at radius 3 is 2.71 bits per heavy atom. The summed E-state index contributed by atoms with van der Waals surface area (Å²) in [5.74, 6) is -0.352. The Morgan fingerprint density at radius 1 is 1.29 bits per heavy atom. The van der Waals surface area contributed by atoms with Crippen LogP contribution < -0.4 is 9.94 Å². The van der Waals surface area contributed by atoms with Crippen molar-refractivity contribution in [1.29, 1.82) is 0 Å². The number of thiazole rings is 1. The molecule has 0 spiro atoms. The zero-order chi connectivity index (χ0) is 20.3. The zero-order valence-corrected chi connectivity index (χ0v) is 17.7. The predicted molar refractivity (Wildman–Crippen MR) is 111 cm³/mol. The number of hydrogen-bond donors (Lipinski definition) is 1. The van der Waals surface area contributed by atoms with Gasteiger partial charge in [-0.15, -0.1) is 11.8 Å². The van der Waals surface area contributed by atoms with Crippen molar-refractivity contribution in [1.82, 2.24) is 4.57 Å². The molecule has 1 aromatic heterocycles. The largest absolute Gasteiger partial charge is 0.383 e. The summed E-state index contributed by atoms with van der Waals surface area (Å²) in [5, 5.41) is 5.23. The van der Waals surface area contributed by atoms with E-state index in [2.05, 4.69) is 4.99 Å². The first kappa shape index (κ1) is 20.7. The molecule has 0 aliphatic heterocycles. The fourth-order valence-electron chi connectivity index (χ4n) is 2.68. The lowest BCUT2D eigenvalue weighted by Gasteiger charge is -2.05. The first-order valence-electron chi connectivity index (χ1n) is 8.22. The number of sulfonamides is 1. The third-order valence-corrected chi connectivity index (χ3v) is 6.78. The topological polar surface area (TPSA) is 104 Å². The number of hydrogen-bond acceptors (Lipinski definition) is 6. The molecule has 2 N–H and O–H groups in total. The molecule has 7 nitrogen and oxygen atoms in total. The van der Waals surface area contributed by atoms with Gasteiger partial charge < -0.3 is 9.30 Å². The summed E-state index contributed by atoms with van der Waals surface area (Å²) < 4.78 is 31.0. The van der Waals surface area contributed by atoms with Crippen LogP contribution >= 0.6 is 23.1 Å². The summed E-state index contributed by atoms with van der Waals surface area (Å²) in [6.07, 6.45) is 1.90. The van der Waals surface area contributed by atoms with Gasteiger partial charge in [0.05, 0.1) is 27.3 Å². The highest BCUT2D eigenvalue weighted by Crippen LogP contribution is 2.23. The second kappa shape index (κ2) is 8.58. The molecule has 3 rings (SSSR count). The van der Waals surface area contributed by atoms with Crippen molar-refractivity contribution in [2.45, 2.75) is 16.3 Å². The van der Waals surface area contributed by atoms with E-state index < -0.39 is 10.0 Å². The lowest BCUT2D eigenvalue weighted by atomic mass is 10.2. The fraction of sp³-hybridized carbons (Fsp3) is 0.222. The fourth-order valence-corrected chi connectivity index (χ4v) is 4.98. The monoisotopic (exact) mass is 437 g/mol. The van der Waals surface area contributed by atoms with Crippen LogP contribution in [0.1, 0.15) is 10.4 Å². The van der Waals surface area contributed by atoms with Crippen LogP contribution in [0, 0.1) is 0 Å². The number of thioether (sulfide) groups is 1. The maximum atomic E-state index is 12.8. The minimum atomic E-state index is -3.82. The first-order chi connectivity index (χ1) is 13.3. The molecule has 1 amide bonds. The number of benzene rings is 2. The molecule has 0 fully saturated rings. The van der Waals surface area contributed by atoms with Crippen LogP contribution in [0.4, 0.5) is 0 Å². The predicted octanol–water partition coefficient (Wildman–Crippen LogP) is 2.46. The molecule has 0 unspecified atom stereocenters. The van der Waals surface area contributed by atoms with Crippen LogP contribution in [-0.2, 0) is 21.3 Å². The van der Waals surface area contributed by atoms with E-state index in [1.165, 1.54) is 35.2 Å². The van der Waals surface area contributed by atoms with Gasteiger partial charge in [-0.3, -0.25) is 4.79 Å². The summed E-state index contributed by atoms with van der Waals surface area (Å²) >= 11 is 2.71. The number of carbonyl (C=O) groups is 1. The van der Waals surface area contributed by atoms with E-state index in [1.54, 1.807) is 25.3 Å². The van der Waals surface area contributed by atoms with Crippen molar-refractivity contribution in [3.8, 4) is 0 Å². The van der Waals surface area contributed by atoms with Crippen LogP contribution in [0.15, 0.2) is 57.2 Å². The molecule has 0 saturated carbocycles. The minimum absolute atomic E-state index is 0.0192. The van der Waals surface area contributed by atoms with Crippen molar-refractivity contribution >= 4 is 49.2 Å². The zero-order valence-electron chi connectivity index (χ0n) is 15.3. The number of rotatable bonds is 6. The molecule has 1 heterocycles. The molecule has 10 heteroatoms. The maximum absolute atomic E-state index is 12.8. The highest BCUT2D eigenvalue weighted by molar-refractivity contribution is 7.98. The molecule has 0 aliphatic carbocycles. The number of ether oxygens (including phenoxy) is 1. The van der Waals surface area contributed by atoms with Gasteiger partial charge in [0.2, 0.25) is 10.0 Å². The number of amides is 1. The average molecular weight is 438 g/mol. The average Bonchev–Trinajstić information content (AvgIpc) is 3.01. The summed E-state index contributed by atoms with van der Waals surface area (Å²) in [7, 11) is -2.23. The maximum Gasteiger partial charge on any atom is 0.280 e. The second-order valence-corrected chi connectivity index (χ2v) is 9.24. The molecular formula is C18H19N3O4S3. The van der Waals surface area contributed by atoms with Gasteiger partial charge in [-0.25, -0.2) is 13.6 Å². The van der Waals surface area contributed by atoms with Crippen molar-refractivity contribution in [3.05, 3.63) is 52.8 Å². The van der Waals surface area contributed by atoms with Gasteiger partial charge >= 0.3 is 0 Å². The molecule has 0 bridgehead atoms. The number of carbonyl (C=O) groups excluding carboxylic acids is 1. The summed E-state index contributed by atoms with van der Waals surface area (Å²) in [6, 6.07) is 11.9. The Bertz CT molecular complexity index is 1200. The Kier molecular flexibility index (Phi) is 6.36. The number of aromatic nitrogens is 1. The van der Waals surface area contributed by atoms with Crippen molar-refractivity contribution in [3.63, 3.8) is 0 Å². The van der Waals surface area contributed by atoms with E-state index in [4.69, 9.17) is 9.88 Å².